The average molecular weight is 747 g/mol. The Bertz CT molecular complexity index is 2250. The molecule has 9 aromatic carbocycles. The molecule has 0 radical (unpaired) electrons. The molecule has 0 amide bonds. The Morgan fingerprint density at radius 1 is 0.138 bits per heavy atom. The Kier molecular flexibility index (Phi) is 10.5. The van der Waals surface area contributed by atoms with Gasteiger partial charge >= 0.3 is 0 Å². The highest BCUT2D eigenvalue weighted by Gasteiger charge is 2.29. The first-order valence-electron chi connectivity index (χ1n) is 19.6. The minimum atomic E-state index is 1.01. The van der Waals surface area contributed by atoms with Crippen molar-refractivity contribution in [3.63, 3.8) is 0 Å². The summed E-state index contributed by atoms with van der Waals surface area (Å²) in [5.41, 5.74) is 12.5. The maximum absolute atomic E-state index is 2.44. The number of para-hydroxylation sites is 12. The molecular weight excluding hydrogens is 705 g/mol. The van der Waals surface area contributed by atoms with Gasteiger partial charge in [-0.3, -0.25) is 0 Å². The van der Waals surface area contributed by atoms with E-state index < -0.39 is 0 Å². The minimum absolute atomic E-state index is 1.01. The average Bonchev–Trinajstić information content (AvgIpc) is 3.30. The third-order valence-electron chi connectivity index (χ3n) is 10.2. The van der Waals surface area contributed by atoms with Crippen LogP contribution in [0.15, 0.2) is 255 Å². The van der Waals surface area contributed by atoms with Crippen LogP contribution in [0.2, 0.25) is 0 Å². The Labute approximate surface area is 341 Å². The van der Waals surface area contributed by atoms with Crippen molar-refractivity contribution in [2.45, 2.75) is 0 Å². The lowest BCUT2D eigenvalue weighted by atomic mass is 10.1. The second-order valence-corrected chi connectivity index (χ2v) is 13.8. The summed E-state index contributed by atoms with van der Waals surface area (Å²) >= 11 is 0. The zero-order valence-electron chi connectivity index (χ0n) is 32.0. The van der Waals surface area contributed by atoms with Gasteiger partial charge in [-0.05, 0) is 109 Å². The maximum atomic E-state index is 2.44. The van der Waals surface area contributed by atoms with Crippen LogP contribution in [0.25, 0.3) is 0 Å². The molecule has 0 aliphatic rings. The van der Waals surface area contributed by atoms with Gasteiger partial charge in [0.15, 0.2) is 0 Å². The highest BCUT2D eigenvalue weighted by atomic mass is 15.3. The smallest absolute Gasteiger partial charge is 0.0704 e. The summed E-state index contributed by atoms with van der Waals surface area (Å²) in [6.45, 7) is 0. The summed E-state index contributed by atoms with van der Waals surface area (Å²) in [5.74, 6) is 0. The number of rotatable bonds is 12. The van der Waals surface area contributed by atoms with Crippen LogP contribution in [-0.2, 0) is 0 Å². The van der Waals surface area contributed by atoms with Gasteiger partial charge in [-0.15, -0.1) is 0 Å². The zero-order chi connectivity index (χ0) is 38.9. The standard InChI is InChI=1S/C54H42N4/c1-7-25-43(26-8-1)55(44-27-9-2-10-28-44)49-37-19-22-40-52(49)58(53-41-23-20-38-50(53)56(45-29-11-3-12-30-45)46-31-13-4-14-32-46)54-42-24-21-39-51(54)57(47-33-15-5-16-34-47)48-35-17-6-18-36-48/h1-42H. The van der Waals surface area contributed by atoms with Crippen molar-refractivity contribution in [2.24, 2.45) is 0 Å². The van der Waals surface area contributed by atoms with Crippen molar-refractivity contribution in [1.29, 1.82) is 0 Å². The van der Waals surface area contributed by atoms with Crippen molar-refractivity contribution >= 4 is 68.2 Å². The largest absolute Gasteiger partial charge is 0.308 e. The van der Waals surface area contributed by atoms with Crippen LogP contribution >= 0.6 is 0 Å². The molecule has 9 rings (SSSR count). The fourth-order valence-corrected chi connectivity index (χ4v) is 7.66. The fourth-order valence-electron chi connectivity index (χ4n) is 7.66. The van der Waals surface area contributed by atoms with E-state index >= 15 is 0 Å². The molecule has 0 saturated carbocycles. The lowest BCUT2D eigenvalue weighted by Gasteiger charge is -2.38. The Morgan fingerprint density at radius 2 is 0.276 bits per heavy atom. The molecule has 0 fully saturated rings. The molecule has 0 unspecified atom stereocenters. The summed E-state index contributed by atoms with van der Waals surface area (Å²) in [5, 5.41) is 0. The Hall–Kier alpha value is -7.82. The second kappa shape index (κ2) is 16.9. The van der Waals surface area contributed by atoms with Crippen molar-refractivity contribution < 1.29 is 0 Å². The van der Waals surface area contributed by atoms with Crippen molar-refractivity contribution in [3.05, 3.63) is 255 Å². The molecule has 9 aromatic rings. The van der Waals surface area contributed by atoms with E-state index in [0.717, 1.165) is 68.2 Å². The molecule has 278 valence electrons. The molecule has 0 N–H and O–H groups in total. The molecule has 0 aliphatic heterocycles. The van der Waals surface area contributed by atoms with Gasteiger partial charge in [0.2, 0.25) is 0 Å². The third-order valence-corrected chi connectivity index (χ3v) is 10.2. The SMILES string of the molecule is c1ccc(N(c2ccccc2)c2ccccc2N(c2ccccc2N(c2ccccc2)c2ccccc2)c2ccccc2N(c2ccccc2)c2ccccc2)cc1. The maximum Gasteiger partial charge on any atom is 0.0704 e. The topological polar surface area (TPSA) is 13.0 Å². The van der Waals surface area contributed by atoms with Crippen molar-refractivity contribution in [3.8, 4) is 0 Å². The van der Waals surface area contributed by atoms with Gasteiger partial charge in [-0.2, -0.15) is 0 Å². The second-order valence-electron chi connectivity index (χ2n) is 13.8. The van der Waals surface area contributed by atoms with E-state index in [-0.39, 0.29) is 0 Å². The van der Waals surface area contributed by atoms with Crippen LogP contribution in [-0.4, -0.2) is 0 Å². The first-order chi connectivity index (χ1) is 28.8. The van der Waals surface area contributed by atoms with E-state index in [4.69, 9.17) is 0 Å². The summed E-state index contributed by atoms with van der Waals surface area (Å²) in [6.07, 6.45) is 0. The lowest BCUT2D eigenvalue weighted by molar-refractivity contribution is 1.19. The van der Waals surface area contributed by atoms with Crippen LogP contribution in [0.5, 0.6) is 0 Å². The molecule has 0 heterocycles. The summed E-state index contributed by atoms with van der Waals surface area (Å²) in [7, 11) is 0. The van der Waals surface area contributed by atoms with E-state index in [0.29, 0.717) is 0 Å². The van der Waals surface area contributed by atoms with Gasteiger partial charge in [0, 0.05) is 34.1 Å². The van der Waals surface area contributed by atoms with Crippen LogP contribution in [0.1, 0.15) is 0 Å². The predicted molar refractivity (Wildman–Crippen MR) is 245 cm³/mol. The van der Waals surface area contributed by atoms with Gasteiger partial charge in [0.1, 0.15) is 0 Å². The monoisotopic (exact) mass is 746 g/mol. The quantitative estimate of drug-likeness (QED) is 0.123. The van der Waals surface area contributed by atoms with E-state index in [1.54, 1.807) is 0 Å². The number of hydrogen-bond acceptors (Lipinski definition) is 4. The Balaban J connectivity index is 1.36. The molecule has 0 saturated heterocycles. The normalized spacial score (nSPS) is 10.8. The van der Waals surface area contributed by atoms with Crippen LogP contribution in [0.3, 0.4) is 0 Å². The summed E-state index contributed by atoms with van der Waals surface area (Å²) in [6, 6.07) is 90.0. The molecule has 0 bridgehead atoms. The molecule has 58 heavy (non-hydrogen) atoms. The number of benzene rings is 9. The van der Waals surface area contributed by atoms with Gasteiger partial charge in [-0.25, -0.2) is 0 Å². The minimum Gasteiger partial charge on any atom is -0.308 e. The first-order valence-corrected chi connectivity index (χ1v) is 19.6. The number of hydrogen-bond donors (Lipinski definition) is 0. The fraction of sp³-hybridized carbons (Fsp3) is 0. The van der Waals surface area contributed by atoms with Crippen LogP contribution in [0.4, 0.5) is 68.2 Å². The molecule has 0 spiro atoms. The van der Waals surface area contributed by atoms with E-state index in [2.05, 4.69) is 274 Å². The molecule has 4 heteroatoms. The molecular formula is C54H42N4. The zero-order valence-corrected chi connectivity index (χ0v) is 32.0. The highest BCUT2D eigenvalue weighted by Crippen LogP contribution is 2.53. The van der Waals surface area contributed by atoms with Gasteiger partial charge in [-0.1, -0.05) is 146 Å². The summed E-state index contributed by atoms with van der Waals surface area (Å²) in [4.78, 5) is 9.50. The third kappa shape index (κ3) is 7.30. The highest BCUT2D eigenvalue weighted by molar-refractivity contribution is 6.00. The van der Waals surface area contributed by atoms with Gasteiger partial charge in [0.05, 0.1) is 34.1 Å². The molecule has 4 nitrogen and oxygen atoms in total. The van der Waals surface area contributed by atoms with Crippen molar-refractivity contribution in [2.75, 3.05) is 19.6 Å². The van der Waals surface area contributed by atoms with Crippen molar-refractivity contribution in [1.82, 2.24) is 0 Å². The molecule has 0 atom stereocenters. The first kappa shape index (κ1) is 35.9. The predicted octanol–water partition coefficient (Wildman–Crippen LogP) is 15.6. The number of nitrogens with zero attached hydrogens (tertiary/aromatic N) is 4. The number of anilines is 12. The Morgan fingerprint density at radius 3 is 0.448 bits per heavy atom. The van der Waals surface area contributed by atoms with Crippen LogP contribution in [0, 0.1) is 0 Å². The molecule has 0 aliphatic carbocycles. The van der Waals surface area contributed by atoms with E-state index in [1.165, 1.54) is 0 Å². The van der Waals surface area contributed by atoms with Crippen LogP contribution < -0.4 is 19.6 Å². The van der Waals surface area contributed by atoms with E-state index in [1.807, 2.05) is 0 Å². The van der Waals surface area contributed by atoms with Gasteiger partial charge < -0.3 is 19.6 Å². The van der Waals surface area contributed by atoms with E-state index in [9.17, 15) is 0 Å². The van der Waals surface area contributed by atoms with Gasteiger partial charge in [0.25, 0.3) is 0 Å². The summed E-state index contributed by atoms with van der Waals surface area (Å²) < 4.78 is 0. The lowest BCUT2D eigenvalue weighted by Crippen LogP contribution is -2.21. The molecule has 0 aromatic heterocycles.